The molecule has 0 spiro atoms. The zero-order chi connectivity index (χ0) is 33.0. The molecule has 45 heavy (non-hydrogen) atoms. The minimum absolute atomic E-state index is 0.0937. The van der Waals surface area contributed by atoms with E-state index in [1.54, 1.807) is 0 Å². The van der Waals surface area contributed by atoms with Gasteiger partial charge in [0.15, 0.2) is 0 Å². The van der Waals surface area contributed by atoms with Crippen LogP contribution in [0.5, 0.6) is 0 Å². The monoisotopic (exact) mass is 652 g/mol. The van der Waals surface area contributed by atoms with Crippen LogP contribution in [0.2, 0.25) is 0 Å². The van der Waals surface area contributed by atoms with E-state index in [4.69, 9.17) is 9.47 Å². The molecule has 0 unspecified atom stereocenters. The summed E-state index contributed by atoms with van der Waals surface area (Å²) in [5, 5.41) is 86.6. The lowest BCUT2D eigenvalue weighted by atomic mass is 9.96. The molecule has 2 aromatic rings. The Hall–Kier alpha value is -3.65. The predicted octanol–water partition coefficient (Wildman–Crippen LogP) is -2.41. The number of benzene rings is 2. The van der Waals surface area contributed by atoms with Crippen molar-refractivity contribution in [2.24, 2.45) is 0 Å². The first-order valence-corrected chi connectivity index (χ1v) is 14.5. The molecule has 0 aromatic heterocycles. The Bertz CT molecular complexity index is 1310. The van der Waals surface area contributed by atoms with Crippen molar-refractivity contribution in [3.8, 4) is 0 Å². The van der Waals surface area contributed by atoms with Gasteiger partial charge in [-0.05, 0) is 36.4 Å². The van der Waals surface area contributed by atoms with Gasteiger partial charge in [0.25, 0.3) is 11.8 Å². The molecule has 16 nitrogen and oxygen atoms in total. The molecule has 0 saturated carbocycles. The Balaban J connectivity index is 1.52. The smallest absolute Gasteiger partial charge is 0.335 e. The van der Waals surface area contributed by atoms with Gasteiger partial charge in [0.2, 0.25) is 0 Å². The van der Waals surface area contributed by atoms with Crippen molar-refractivity contribution in [1.82, 2.24) is 10.6 Å². The summed E-state index contributed by atoms with van der Waals surface area (Å²) in [5.41, 5.74) is -3.36. The van der Waals surface area contributed by atoms with Crippen molar-refractivity contribution in [2.75, 3.05) is 13.2 Å². The van der Waals surface area contributed by atoms with Crippen molar-refractivity contribution in [1.29, 1.82) is 0 Å². The van der Waals surface area contributed by atoms with Gasteiger partial charge < -0.3 is 61.0 Å². The van der Waals surface area contributed by atoms with Crippen LogP contribution in [-0.2, 0) is 9.47 Å². The highest BCUT2D eigenvalue weighted by Crippen LogP contribution is 2.37. The molecular weight excluding hydrogens is 620 g/mol. The molecule has 2 aliphatic rings. The topological polar surface area (TPSA) is 273 Å². The first-order chi connectivity index (χ1) is 21.4. The Labute approximate surface area is 259 Å². The second-order valence-corrected chi connectivity index (χ2v) is 11.5. The number of thioether (sulfide) groups is 1. The van der Waals surface area contributed by atoms with Crippen molar-refractivity contribution >= 4 is 35.5 Å². The van der Waals surface area contributed by atoms with Gasteiger partial charge in [-0.2, -0.15) is 0 Å². The number of aliphatic hydroxyl groups excluding tert-OH is 6. The van der Waals surface area contributed by atoms with Crippen LogP contribution in [0.15, 0.2) is 48.5 Å². The zero-order valence-electron chi connectivity index (χ0n) is 23.2. The summed E-state index contributed by atoms with van der Waals surface area (Å²) >= 11 is 0.619. The third-order valence-corrected chi connectivity index (χ3v) is 8.69. The normalized spacial score (nSPS) is 31.5. The quantitative estimate of drug-likeness (QED) is 0.128. The lowest BCUT2D eigenvalue weighted by molar-refractivity contribution is -0.175. The molecule has 2 aliphatic heterocycles. The lowest BCUT2D eigenvalue weighted by Gasteiger charge is -2.46. The van der Waals surface area contributed by atoms with Gasteiger partial charge in [-0.3, -0.25) is 9.59 Å². The van der Waals surface area contributed by atoms with Gasteiger partial charge >= 0.3 is 11.9 Å². The van der Waals surface area contributed by atoms with Crippen LogP contribution in [0.3, 0.4) is 0 Å². The van der Waals surface area contributed by atoms with Gasteiger partial charge in [-0.25, -0.2) is 9.59 Å². The molecule has 0 radical (unpaired) electrons. The average molecular weight is 653 g/mol. The van der Waals surface area contributed by atoms with E-state index < -0.39 is 96.5 Å². The maximum absolute atomic E-state index is 12.9. The fourth-order valence-electron chi connectivity index (χ4n) is 4.93. The number of ether oxygens (including phenoxy) is 2. The minimum Gasteiger partial charge on any atom is -0.478 e. The second-order valence-electron chi connectivity index (χ2n) is 10.3. The van der Waals surface area contributed by atoms with E-state index in [2.05, 4.69) is 10.6 Å². The van der Waals surface area contributed by atoms with E-state index in [9.17, 15) is 60.0 Å². The number of aromatic carboxylic acids is 2. The molecular formula is C28H32N2O14S. The predicted molar refractivity (Wildman–Crippen MR) is 152 cm³/mol. The zero-order valence-corrected chi connectivity index (χ0v) is 24.1. The summed E-state index contributed by atoms with van der Waals surface area (Å²) < 4.78 is 11.2. The number of carbonyl (C=O) groups excluding carboxylic acids is 2. The molecule has 2 amide bonds. The Morgan fingerprint density at radius 3 is 1.31 bits per heavy atom. The number of carboxylic acid groups (broad SMARTS) is 2. The number of hydrogen-bond acceptors (Lipinski definition) is 13. The number of aliphatic hydroxyl groups is 6. The highest BCUT2D eigenvalue weighted by molar-refractivity contribution is 8.00. The summed E-state index contributed by atoms with van der Waals surface area (Å²) in [6, 6.07) is 7.06. The van der Waals surface area contributed by atoms with E-state index in [1.807, 2.05) is 0 Å². The Morgan fingerprint density at radius 1 is 0.622 bits per heavy atom. The van der Waals surface area contributed by atoms with Gasteiger partial charge in [0.05, 0.1) is 36.4 Å². The van der Waals surface area contributed by atoms with E-state index in [-0.39, 0.29) is 22.3 Å². The van der Waals surface area contributed by atoms with E-state index in [0.717, 1.165) is 12.1 Å². The lowest BCUT2D eigenvalue weighted by Crippen LogP contribution is -2.66. The van der Waals surface area contributed by atoms with Crippen LogP contribution in [0, 0.1) is 0 Å². The van der Waals surface area contributed by atoms with Crippen molar-refractivity contribution in [2.45, 2.75) is 59.6 Å². The van der Waals surface area contributed by atoms with Crippen molar-refractivity contribution in [3.05, 3.63) is 70.8 Å². The number of carbonyl (C=O) groups is 4. The van der Waals surface area contributed by atoms with Gasteiger partial charge in [-0.15, -0.1) is 0 Å². The molecule has 2 heterocycles. The fraction of sp³-hybridized carbons (Fsp3) is 0.429. The number of amides is 2. The van der Waals surface area contributed by atoms with Crippen LogP contribution in [0.1, 0.15) is 41.4 Å². The second kappa shape index (κ2) is 14.6. The summed E-state index contributed by atoms with van der Waals surface area (Å²) in [7, 11) is 0. The Morgan fingerprint density at radius 2 is 0.978 bits per heavy atom. The molecule has 0 bridgehead atoms. The summed E-state index contributed by atoms with van der Waals surface area (Å²) in [6.45, 7) is -1.52. The summed E-state index contributed by atoms with van der Waals surface area (Å²) in [6.07, 6.45) is -9.38. The standard InChI is InChI=1S/C28H32N2O14S/c31-9-15-19(33)17(29-23(37)11-3-1-5-13(7-11)25(39)40)21(35)27(43-15)45-28-22(36)18(20(34)16(10-32)44-28)30-24(38)12-4-2-6-14(8-12)26(41)42/h1-8,15-22,27-28,31-36H,9-10H2,(H,29,37)(H,30,38)(H,39,40)(H,41,42)/t15-,16-,17-,18-,19+,20+,21-,22-,27+,28+/m1/s1. The molecule has 0 aliphatic carbocycles. The molecule has 17 heteroatoms. The molecule has 2 fully saturated rings. The van der Waals surface area contributed by atoms with Gasteiger partial charge in [0.1, 0.15) is 47.5 Å². The van der Waals surface area contributed by atoms with Gasteiger partial charge in [0, 0.05) is 11.1 Å². The van der Waals surface area contributed by atoms with Crippen LogP contribution >= 0.6 is 11.8 Å². The van der Waals surface area contributed by atoms with Crippen LogP contribution in [0.25, 0.3) is 0 Å². The van der Waals surface area contributed by atoms with Crippen LogP contribution in [-0.4, -0.2) is 137 Å². The largest absolute Gasteiger partial charge is 0.478 e. The van der Waals surface area contributed by atoms with Crippen molar-refractivity contribution in [3.63, 3.8) is 0 Å². The number of hydrogen-bond donors (Lipinski definition) is 10. The number of rotatable bonds is 10. The van der Waals surface area contributed by atoms with Gasteiger partial charge in [-0.1, -0.05) is 23.9 Å². The SMILES string of the molecule is O=C(O)c1cccc(C(=O)N[C@@H]2[C@@H](O)[C@@H](CO)O[C@@H](S[C@@H]3O[C@H](CO)[C@H](O)[C@@H](NC(=O)c4cccc(C(=O)O)c4)[C@H]3O)[C@@H]2O)c1. The molecule has 10 atom stereocenters. The third-order valence-electron chi connectivity index (χ3n) is 7.38. The number of carboxylic acids is 2. The fourth-order valence-corrected chi connectivity index (χ4v) is 6.27. The first-order valence-electron chi connectivity index (χ1n) is 13.5. The molecule has 2 aromatic carbocycles. The summed E-state index contributed by atoms with van der Waals surface area (Å²) in [5.74, 6) is -4.27. The average Bonchev–Trinajstić information content (AvgIpc) is 3.03. The molecule has 10 N–H and O–H groups in total. The van der Waals surface area contributed by atoms with E-state index >= 15 is 0 Å². The number of nitrogens with one attached hydrogen (secondary N) is 2. The minimum atomic E-state index is -1.71. The Kier molecular flexibility index (Phi) is 11.1. The molecule has 2 saturated heterocycles. The first kappa shape index (κ1) is 34.2. The van der Waals surface area contributed by atoms with Crippen LogP contribution in [0.4, 0.5) is 0 Å². The highest BCUT2D eigenvalue weighted by atomic mass is 32.2. The van der Waals surface area contributed by atoms with Crippen LogP contribution < -0.4 is 10.6 Å². The maximum Gasteiger partial charge on any atom is 0.335 e. The third kappa shape index (κ3) is 7.60. The summed E-state index contributed by atoms with van der Waals surface area (Å²) in [4.78, 5) is 48.5. The van der Waals surface area contributed by atoms with Crippen molar-refractivity contribution < 1.29 is 69.5 Å². The molecule has 4 rings (SSSR count). The van der Waals surface area contributed by atoms with E-state index in [0.29, 0.717) is 11.8 Å². The highest BCUT2D eigenvalue weighted by Gasteiger charge is 2.50. The molecule has 244 valence electrons. The van der Waals surface area contributed by atoms with E-state index in [1.165, 1.54) is 36.4 Å². The maximum atomic E-state index is 12.9.